The highest BCUT2D eigenvalue weighted by Gasteiger charge is 2.17. The summed E-state index contributed by atoms with van der Waals surface area (Å²) in [6, 6.07) is 23.1. The van der Waals surface area contributed by atoms with E-state index in [1.807, 2.05) is 67.6 Å². The molecular formula is C31H33N4O4+. The Balaban J connectivity index is 1.37. The minimum absolute atomic E-state index is 0.307. The van der Waals surface area contributed by atoms with Gasteiger partial charge in [-0.05, 0) is 55.0 Å². The van der Waals surface area contributed by atoms with Gasteiger partial charge in [0.25, 0.3) is 5.91 Å². The molecule has 1 aliphatic heterocycles. The molecule has 0 unspecified atom stereocenters. The standard InChI is InChI=1S/C31H32N4O4/c1-3-39-25-8-6-7-23(18-25)29-19-27(26-9-4-5-10-28(26)33-29)31(36)34-32-20-22-11-12-30(37-2)24(17-22)21-35-13-15-38-16-14-35/h4-12,17-20H,3,13-16,21H2,1-2H3,(H,34,36)/p+1. The van der Waals surface area contributed by atoms with Crippen LogP contribution in [-0.4, -0.2) is 57.1 Å². The van der Waals surface area contributed by atoms with Crippen LogP contribution in [0.3, 0.4) is 0 Å². The number of quaternary nitrogens is 1. The molecule has 1 fully saturated rings. The van der Waals surface area contributed by atoms with Gasteiger partial charge in [0.1, 0.15) is 31.1 Å². The molecule has 2 heterocycles. The second-order valence-corrected chi connectivity index (χ2v) is 9.34. The topological polar surface area (TPSA) is 86.5 Å². The zero-order chi connectivity index (χ0) is 27.0. The van der Waals surface area contributed by atoms with Gasteiger partial charge in [-0.1, -0.05) is 30.3 Å². The fraction of sp³-hybridized carbons (Fsp3) is 0.258. The smallest absolute Gasteiger partial charge is 0.272 e. The van der Waals surface area contributed by atoms with Crippen LogP contribution in [0.5, 0.6) is 11.5 Å². The van der Waals surface area contributed by atoms with Gasteiger partial charge in [0.05, 0.1) is 49.9 Å². The number of nitrogens with zero attached hydrogens (tertiary/aromatic N) is 2. The van der Waals surface area contributed by atoms with Crippen molar-refractivity contribution in [1.82, 2.24) is 10.4 Å². The maximum absolute atomic E-state index is 13.3. The molecular weight excluding hydrogens is 492 g/mol. The lowest BCUT2D eigenvalue weighted by atomic mass is 10.0. The number of morpholine rings is 1. The summed E-state index contributed by atoms with van der Waals surface area (Å²) in [4.78, 5) is 19.6. The Bertz CT molecular complexity index is 1480. The molecule has 0 bridgehead atoms. The molecule has 0 radical (unpaired) electrons. The maximum atomic E-state index is 13.3. The molecule has 0 atom stereocenters. The number of benzene rings is 3. The highest BCUT2D eigenvalue weighted by Crippen LogP contribution is 2.27. The first kappa shape index (κ1) is 26.3. The van der Waals surface area contributed by atoms with Crippen LogP contribution in [0.1, 0.15) is 28.4 Å². The van der Waals surface area contributed by atoms with Gasteiger partial charge in [-0.15, -0.1) is 0 Å². The van der Waals surface area contributed by atoms with E-state index in [0.29, 0.717) is 17.9 Å². The number of hydrogen-bond acceptors (Lipinski definition) is 6. The number of fused-ring (bicyclic) bond motifs is 1. The van der Waals surface area contributed by atoms with Gasteiger partial charge in [-0.2, -0.15) is 5.10 Å². The van der Waals surface area contributed by atoms with Gasteiger partial charge in [-0.25, -0.2) is 10.4 Å². The summed E-state index contributed by atoms with van der Waals surface area (Å²) >= 11 is 0. The predicted octanol–water partition coefficient (Wildman–Crippen LogP) is 3.49. The van der Waals surface area contributed by atoms with Crippen molar-refractivity contribution in [3.8, 4) is 22.8 Å². The minimum Gasteiger partial charge on any atom is -0.496 e. The summed E-state index contributed by atoms with van der Waals surface area (Å²) in [5.41, 5.74) is 7.48. The average molecular weight is 526 g/mol. The zero-order valence-corrected chi connectivity index (χ0v) is 22.3. The molecule has 200 valence electrons. The number of amides is 1. The summed E-state index contributed by atoms with van der Waals surface area (Å²) in [6.07, 6.45) is 1.66. The summed E-state index contributed by atoms with van der Waals surface area (Å²) in [5, 5.41) is 5.04. The molecule has 8 heteroatoms. The van der Waals surface area contributed by atoms with Crippen molar-refractivity contribution in [1.29, 1.82) is 0 Å². The number of aromatic nitrogens is 1. The molecule has 8 nitrogen and oxygen atoms in total. The predicted molar refractivity (Wildman–Crippen MR) is 152 cm³/mol. The van der Waals surface area contributed by atoms with Crippen molar-refractivity contribution in [2.45, 2.75) is 13.5 Å². The third-order valence-electron chi connectivity index (χ3n) is 6.73. The average Bonchev–Trinajstić information content (AvgIpc) is 2.97. The van der Waals surface area contributed by atoms with Gasteiger partial charge in [0.15, 0.2) is 0 Å². The third kappa shape index (κ3) is 6.42. The lowest BCUT2D eigenvalue weighted by Crippen LogP contribution is -3.12. The van der Waals surface area contributed by atoms with Gasteiger partial charge in [-0.3, -0.25) is 4.79 Å². The van der Waals surface area contributed by atoms with Crippen LogP contribution in [0.25, 0.3) is 22.2 Å². The molecule has 2 N–H and O–H groups in total. The normalized spacial score (nSPS) is 14.0. The summed E-state index contributed by atoms with van der Waals surface area (Å²) in [5.74, 6) is 1.30. The Kier molecular flexibility index (Phi) is 8.45. The molecule has 3 aromatic carbocycles. The summed E-state index contributed by atoms with van der Waals surface area (Å²) in [6.45, 7) is 6.84. The Morgan fingerprint density at radius 2 is 1.92 bits per heavy atom. The first-order chi connectivity index (χ1) is 19.1. The molecule has 39 heavy (non-hydrogen) atoms. The van der Waals surface area contributed by atoms with E-state index >= 15 is 0 Å². The van der Waals surface area contributed by atoms with Crippen LogP contribution < -0.4 is 19.8 Å². The molecule has 5 rings (SSSR count). The molecule has 1 aromatic heterocycles. The first-order valence-electron chi connectivity index (χ1n) is 13.2. The Hall–Kier alpha value is -4.27. The van der Waals surface area contributed by atoms with Crippen LogP contribution in [-0.2, 0) is 11.3 Å². The van der Waals surface area contributed by atoms with Gasteiger partial charge in [0, 0.05) is 16.5 Å². The second kappa shape index (κ2) is 12.5. The van der Waals surface area contributed by atoms with Crippen molar-refractivity contribution >= 4 is 23.0 Å². The number of hydrazone groups is 1. The summed E-state index contributed by atoms with van der Waals surface area (Å²) in [7, 11) is 1.68. The number of ether oxygens (including phenoxy) is 3. The number of methoxy groups -OCH3 is 1. The molecule has 0 aliphatic carbocycles. The van der Waals surface area contributed by atoms with E-state index in [1.165, 1.54) is 4.90 Å². The number of carbonyl (C=O) groups is 1. The maximum Gasteiger partial charge on any atom is 0.272 e. The largest absolute Gasteiger partial charge is 0.496 e. The Labute approximate surface area is 228 Å². The monoisotopic (exact) mass is 525 g/mol. The van der Waals surface area contributed by atoms with Crippen molar-refractivity contribution in [3.05, 3.63) is 89.5 Å². The highest BCUT2D eigenvalue weighted by molar-refractivity contribution is 6.07. The quantitative estimate of drug-likeness (QED) is 0.258. The van der Waals surface area contributed by atoms with E-state index in [9.17, 15) is 4.79 Å². The van der Waals surface area contributed by atoms with E-state index in [2.05, 4.69) is 16.6 Å². The van der Waals surface area contributed by atoms with Crippen LogP contribution >= 0.6 is 0 Å². The molecule has 4 aromatic rings. The number of pyridine rings is 1. The number of para-hydroxylation sites is 1. The van der Waals surface area contributed by atoms with Gasteiger partial charge < -0.3 is 19.1 Å². The SMILES string of the molecule is CCOc1cccc(-c2cc(C(=O)NN=Cc3ccc(OC)c(C[NH+]4CCOCC4)c3)c3ccccc3n2)c1. The van der Waals surface area contributed by atoms with E-state index in [0.717, 1.165) is 71.9 Å². The number of rotatable bonds is 9. The van der Waals surface area contributed by atoms with Crippen LogP contribution in [0.15, 0.2) is 77.9 Å². The second-order valence-electron chi connectivity index (χ2n) is 9.34. The molecule has 1 saturated heterocycles. The molecule has 1 aliphatic rings. The van der Waals surface area contributed by atoms with E-state index < -0.39 is 0 Å². The number of hydrogen-bond donors (Lipinski definition) is 2. The lowest BCUT2D eigenvalue weighted by Gasteiger charge is -2.24. The van der Waals surface area contributed by atoms with Gasteiger partial charge >= 0.3 is 0 Å². The van der Waals surface area contributed by atoms with Gasteiger partial charge in [0.2, 0.25) is 0 Å². The van der Waals surface area contributed by atoms with Crippen molar-refractivity contribution in [2.24, 2.45) is 5.10 Å². The van der Waals surface area contributed by atoms with E-state index in [1.54, 1.807) is 19.4 Å². The fourth-order valence-corrected chi connectivity index (χ4v) is 4.77. The van der Waals surface area contributed by atoms with E-state index in [4.69, 9.17) is 19.2 Å². The van der Waals surface area contributed by atoms with Crippen LogP contribution in [0.4, 0.5) is 0 Å². The lowest BCUT2D eigenvalue weighted by molar-refractivity contribution is -0.921. The Morgan fingerprint density at radius 1 is 1.08 bits per heavy atom. The Morgan fingerprint density at radius 3 is 2.74 bits per heavy atom. The fourth-order valence-electron chi connectivity index (χ4n) is 4.77. The van der Waals surface area contributed by atoms with Crippen LogP contribution in [0.2, 0.25) is 0 Å². The highest BCUT2D eigenvalue weighted by atomic mass is 16.5. The molecule has 1 amide bonds. The van der Waals surface area contributed by atoms with Crippen molar-refractivity contribution < 1.29 is 23.9 Å². The number of nitrogens with one attached hydrogen (secondary N) is 2. The van der Waals surface area contributed by atoms with Crippen molar-refractivity contribution in [2.75, 3.05) is 40.0 Å². The van der Waals surface area contributed by atoms with Crippen molar-refractivity contribution in [3.63, 3.8) is 0 Å². The minimum atomic E-state index is -0.307. The van der Waals surface area contributed by atoms with Crippen LogP contribution in [0, 0.1) is 0 Å². The number of carbonyl (C=O) groups excluding carboxylic acids is 1. The zero-order valence-electron chi connectivity index (χ0n) is 22.3. The first-order valence-corrected chi connectivity index (χ1v) is 13.2. The molecule has 0 saturated carbocycles. The van der Waals surface area contributed by atoms with E-state index in [-0.39, 0.29) is 5.91 Å². The molecule has 0 spiro atoms. The third-order valence-corrected chi connectivity index (χ3v) is 6.73. The summed E-state index contributed by atoms with van der Waals surface area (Å²) < 4.78 is 16.7.